The first-order chi connectivity index (χ1) is 8.20. The molecule has 2 amide bonds. The first-order valence-electron chi connectivity index (χ1n) is 5.70. The van der Waals surface area contributed by atoms with Crippen molar-refractivity contribution in [2.24, 2.45) is 0 Å². The molecule has 17 heavy (non-hydrogen) atoms. The van der Waals surface area contributed by atoms with E-state index in [1.54, 1.807) is 0 Å². The number of aliphatic hydroxyl groups is 1. The summed E-state index contributed by atoms with van der Waals surface area (Å²) in [4.78, 5) is 13.6. The van der Waals surface area contributed by atoms with Crippen LogP contribution in [0.2, 0.25) is 0 Å². The van der Waals surface area contributed by atoms with Crippen molar-refractivity contribution < 1.29 is 9.90 Å². The molecule has 0 radical (unpaired) electrons. The van der Waals surface area contributed by atoms with E-state index in [0.717, 1.165) is 18.7 Å². The van der Waals surface area contributed by atoms with Gasteiger partial charge in [-0.15, -0.1) is 0 Å². The van der Waals surface area contributed by atoms with Gasteiger partial charge in [0.2, 0.25) is 0 Å². The lowest BCUT2D eigenvalue weighted by Gasteiger charge is -2.13. The zero-order valence-corrected chi connectivity index (χ0v) is 9.86. The summed E-state index contributed by atoms with van der Waals surface area (Å²) in [6.45, 7) is 1.23. The number of amides is 2. The molecule has 2 rings (SSSR count). The normalized spacial score (nSPS) is 13.4. The second kappa shape index (κ2) is 5.05. The molecule has 3 N–H and O–H groups in total. The number of hydrogen-bond donors (Lipinski definition) is 3. The molecule has 0 unspecified atom stereocenters. The Hall–Kier alpha value is -1.75. The van der Waals surface area contributed by atoms with Crippen LogP contribution in [0.15, 0.2) is 18.2 Å². The summed E-state index contributed by atoms with van der Waals surface area (Å²) in [6, 6.07) is 5.62. The Balaban J connectivity index is 2.03. The molecule has 0 fully saturated rings. The van der Waals surface area contributed by atoms with Crippen LogP contribution in [0, 0.1) is 0 Å². The van der Waals surface area contributed by atoms with Crippen LogP contribution in [0.5, 0.6) is 0 Å². The van der Waals surface area contributed by atoms with Gasteiger partial charge in [-0.3, -0.25) is 0 Å². The fourth-order valence-corrected chi connectivity index (χ4v) is 1.96. The number of nitrogens with zero attached hydrogens (tertiary/aromatic N) is 1. The van der Waals surface area contributed by atoms with Gasteiger partial charge in [-0.2, -0.15) is 0 Å². The lowest BCUT2D eigenvalue weighted by Crippen LogP contribution is -2.31. The largest absolute Gasteiger partial charge is 0.395 e. The van der Waals surface area contributed by atoms with Gasteiger partial charge in [0.05, 0.1) is 6.61 Å². The topological polar surface area (TPSA) is 64.6 Å². The predicted molar refractivity (Wildman–Crippen MR) is 67.5 cm³/mol. The molecule has 92 valence electrons. The number of aliphatic hydroxyl groups excluding tert-OH is 1. The summed E-state index contributed by atoms with van der Waals surface area (Å²) < 4.78 is 0. The van der Waals surface area contributed by atoms with E-state index in [2.05, 4.69) is 15.5 Å². The van der Waals surface area contributed by atoms with Gasteiger partial charge in [0.1, 0.15) is 0 Å². The molecule has 1 aliphatic heterocycles. The molecule has 1 aliphatic rings. The molecule has 0 saturated heterocycles. The Morgan fingerprint density at radius 1 is 1.53 bits per heavy atom. The molecule has 0 atom stereocenters. The van der Waals surface area contributed by atoms with E-state index in [-0.39, 0.29) is 19.2 Å². The average Bonchev–Trinajstić information content (AvgIpc) is 2.68. The number of carbonyl (C=O) groups excluding carboxylic acids is 1. The van der Waals surface area contributed by atoms with E-state index in [1.165, 1.54) is 11.3 Å². The maximum Gasteiger partial charge on any atom is 0.319 e. The number of urea groups is 1. The van der Waals surface area contributed by atoms with Crippen LogP contribution in [-0.2, 0) is 6.42 Å². The Labute approximate surface area is 100 Å². The summed E-state index contributed by atoms with van der Waals surface area (Å²) >= 11 is 0. The quantitative estimate of drug-likeness (QED) is 0.726. The Bertz CT molecular complexity index is 420. The van der Waals surface area contributed by atoms with E-state index >= 15 is 0 Å². The SMILES string of the molecule is CN1CCc2ccc(NC(=O)NCCO)cc21. The number of carbonyl (C=O) groups is 1. The minimum atomic E-state index is -0.292. The van der Waals surface area contributed by atoms with Crippen LogP contribution in [0.25, 0.3) is 0 Å². The molecule has 5 heteroatoms. The van der Waals surface area contributed by atoms with Crippen LogP contribution >= 0.6 is 0 Å². The maximum atomic E-state index is 11.4. The number of likely N-dealkylation sites (N-methyl/N-ethyl adjacent to an activating group) is 1. The van der Waals surface area contributed by atoms with Crippen LogP contribution < -0.4 is 15.5 Å². The van der Waals surface area contributed by atoms with Crippen LogP contribution in [0.3, 0.4) is 0 Å². The third kappa shape index (κ3) is 2.68. The average molecular weight is 235 g/mol. The van der Waals surface area contributed by atoms with Crippen molar-refractivity contribution in [3.63, 3.8) is 0 Å². The molecule has 0 saturated carbocycles. The Morgan fingerprint density at radius 3 is 3.12 bits per heavy atom. The van der Waals surface area contributed by atoms with Gasteiger partial charge in [-0.1, -0.05) is 6.07 Å². The summed E-state index contributed by atoms with van der Waals surface area (Å²) in [6.07, 6.45) is 1.06. The molecule has 0 bridgehead atoms. The van der Waals surface area contributed by atoms with Crippen LogP contribution in [0.4, 0.5) is 16.2 Å². The van der Waals surface area contributed by atoms with E-state index in [9.17, 15) is 4.79 Å². The number of rotatable bonds is 3. The number of fused-ring (bicyclic) bond motifs is 1. The molecule has 0 spiro atoms. The van der Waals surface area contributed by atoms with Gasteiger partial charge in [0.15, 0.2) is 0 Å². The number of hydrogen-bond acceptors (Lipinski definition) is 3. The standard InChI is InChI=1S/C12H17N3O2/c1-15-6-4-9-2-3-10(8-11(9)15)14-12(17)13-5-7-16/h2-3,8,16H,4-7H2,1H3,(H2,13,14,17). The van der Waals surface area contributed by atoms with Gasteiger partial charge in [-0.25, -0.2) is 4.79 Å². The van der Waals surface area contributed by atoms with Gasteiger partial charge in [0, 0.05) is 31.5 Å². The van der Waals surface area contributed by atoms with Crippen molar-refractivity contribution >= 4 is 17.4 Å². The first-order valence-corrected chi connectivity index (χ1v) is 5.70. The highest BCUT2D eigenvalue weighted by molar-refractivity contribution is 5.90. The Kier molecular flexibility index (Phi) is 3.49. The van der Waals surface area contributed by atoms with Gasteiger partial charge < -0.3 is 20.6 Å². The van der Waals surface area contributed by atoms with E-state index in [0.29, 0.717) is 0 Å². The smallest absolute Gasteiger partial charge is 0.319 e. The molecule has 1 aromatic rings. The highest BCUT2D eigenvalue weighted by Crippen LogP contribution is 2.29. The van der Waals surface area contributed by atoms with Crippen LogP contribution in [0.1, 0.15) is 5.56 Å². The maximum absolute atomic E-state index is 11.4. The molecular formula is C12H17N3O2. The van der Waals surface area contributed by atoms with Crippen LogP contribution in [-0.4, -0.2) is 37.9 Å². The van der Waals surface area contributed by atoms with Crippen molar-refractivity contribution in [1.29, 1.82) is 0 Å². The van der Waals surface area contributed by atoms with Gasteiger partial charge in [-0.05, 0) is 24.1 Å². The van der Waals surface area contributed by atoms with Crippen molar-refractivity contribution in [1.82, 2.24) is 5.32 Å². The number of nitrogens with one attached hydrogen (secondary N) is 2. The summed E-state index contributed by atoms with van der Waals surface area (Å²) in [5, 5.41) is 13.9. The predicted octanol–water partition coefficient (Wildman–Crippen LogP) is 0.793. The second-order valence-electron chi connectivity index (χ2n) is 4.12. The summed E-state index contributed by atoms with van der Waals surface area (Å²) in [7, 11) is 2.04. The Morgan fingerprint density at radius 2 is 2.35 bits per heavy atom. The summed E-state index contributed by atoms with van der Waals surface area (Å²) in [5.74, 6) is 0. The molecule has 0 aliphatic carbocycles. The van der Waals surface area contributed by atoms with E-state index < -0.39 is 0 Å². The summed E-state index contributed by atoms with van der Waals surface area (Å²) in [5.41, 5.74) is 3.26. The van der Waals surface area contributed by atoms with Crippen molar-refractivity contribution in [3.8, 4) is 0 Å². The highest BCUT2D eigenvalue weighted by atomic mass is 16.3. The van der Waals surface area contributed by atoms with Crippen molar-refractivity contribution in [3.05, 3.63) is 23.8 Å². The van der Waals surface area contributed by atoms with Crippen molar-refractivity contribution in [2.75, 3.05) is 37.0 Å². The fourth-order valence-electron chi connectivity index (χ4n) is 1.96. The lowest BCUT2D eigenvalue weighted by atomic mass is 10.1. The first kappa shape index (κ1) is 11.7. The number of benzene rings is 1. The number of anilines is 2. The molecule has 1 heterocycles. The third-order valence-electron chi connectivity index (χ3n) is 2.87. The third-order valence-corrected chi connectivity index (χ3v) is 2.87. The van der Waals surface area contributed by atoms with E-state index in [1.807, 2.05) is 25.2 Å². The lowest BCUT2D eigenvalue weighted by molar-refractivity contribution is 0.245. The van der Waals surface area contributed by atoms with E-state index in [4.69, 9.17) is 5.11 Å². The molecule has 5 nitrogen and oxygen atoms in total. The van der Waals surface area contributed by atoms with Gasteiger partial charge >= 0.3 is 6.03 Å². The van der Waals surface area contributed by atoms with Crippen molar-refractivity contribution in [2.45, 2.75) is 6.42 Å². The fraction of sp³-hybridized carbons (Fsp3) is 0.417. The second-order valence-corrected chi connectivity index (χ2v) is 4.12. The molecule has 1 aromatic carbocycles. The highest BCUT2D eigenvalue weighted by Gasteiger charge is 2.15. The minimum absolute atomic E-state index is 0.0552. The zero-order valence-electron chi connectivity index (χ0n) is 9.86. The zero-order chi connectivity index (χ0) is 12.3. The molecular weight excluding hydrogens is 218 g/mol. The molecule has 0 aromatic heterocycles. The minimum Gasteiger partial charge on any atom is -0.395 e. The van der Waals surface area contributed by atoms with Gasteiger partial charge in [0.25, 0.3) is 0 Å². The monoisotopic (exact) mass is 235 g/mol.